The molecular weight excluding hydrogens is 349 g/mol. The number of halogens is 2. The molecule has 0 unspecified atom stereocenters. The van der Waals surface area contributed by atoms with Crippen molar-refractivity contribution in [1.29, 1.82) is 5.26 Å². The molecule has 0 aliphatic heterocycles. The zero-order valence-corrected chi connectivity index (χ0v) is 11.5. The Kier molecular flexibility index (Phi) is 3.98. The maximum Gasteiger partial charge on any atom is 0.262 e. The van der Waals surface area contributed by atoms with Crippen LogP contribution in [-0.4, -0.2) is 8.42 Å². The summed E-state index contributed by atoms with van der Waals surface area (Å²) in [4.78, 5) is -0.00137. The monoisotopic (exact) mass is 355 g/mol. The van der Waals surface area contributed by atoms with Crippen LogP contribution in [0.4, 0.5) is 0 Å². The summed E-state index contributed by atoms with van der Waals surface area (Å²) in [5.74, 6) is 0. The van der Waals surface area contributed by atoms with E-state index >= 15 is 0 Å². The molecule has 3 nitrogen and oxygen atoms in total. The molecule has 15 heavy (non-hydrogen) atoms. The van der Waals surface area contributed by atoms with Gasteiger partial charge in [-0.15, -0.1) is 0 Å². The van der Waals surface area contributed by atoms with Crippen LogP contribution in [0.3, 0.4) is 0 Å². The van der Waals surface area contributed by atoms with Gasteiger partial charge in [0, 0.05) is 14.3 Å². The summed E-state index contributed by atoms with van der Waals surface area (Å²) >= 11 is 1.89. The van der Waals surface area contributed by atoms with E-state index in [0.29, 0.717) is 15.6 Å². The Balaban J connectivity index is 3.55. The second kappa shape index (κ2) is 4.68. The molecule has 1 aromatic carbocycles. The summed E-state index contributed by atoms with van der Waals surface area (Å²) < 4.78 is 22.9. The zero-order valence-electron chi connectivity index (χ0n) is 7.79. The largest absolute Gasteiger partial charge is 0.262 e. The van der Waals surface area contributed by atoms with Gasteiger partial charge >= 0.3 is 0 Å². The van der Waals surface area contributed by atoms with Crippen molar-refractivity contribution in [3.8, 4) is 6.07 Å². The Labute approximate surface area is 107 Å². The van der Waals surface area contributed by atoms with Gasteiger partial charge in [-0.2, -0.15) is 5.26 Å². The highest BCUT2D eigenvalue weighted by molar-refractivity contribution is 14.1. The van der Waals surface area contributed by atoms with Gasteiger partial charge in [0.25, 0.3) is 9.05 Å². The van der Waals surface area contributed by atoms with E-state index in [1.807, 2.05) is 35.6 Å². The fraction of sp³-hybridized carbons (Fsp3) is 0.222. The molecule has 0 spiro atoms. The van der Waals surface area contributed by atoms with Gasteiger partial charge in [-0.05, 0) is 46.7 Å². The van der Waals surface area contributed by atoms with Crippen LogP contribution >= 0.6 is 33.3 Å². The number of nitrogens with zero attached hydrogens (tertiary/aromatic N) is 1. The van der Waals surface area contributed by atoms with E-state index in [4.69, 9.17) is 15.9 Å². The van der Waals surface area contributed by atoms with Crippen molar-refractivity contribution in [2.45, 2.75) is 18.2 Å². The number of aryl methyl sites for hydroxylation is 1. The molecule has 0 aliphatic rings. The molecule has 0 aromatic heterocycles. The smallest absolute Gasteiger partial charge is 0.207 e. The highest BCUT2D eigenvalue weighted by atomic mass is 127. The van der Waals surface area contributed by atoms with Gasteiger partial charge < -0.3 is 0 Å². The Hall–Kier alpha value is -0.320. The van der Waals surface area contributed by atoms with Crippen molar-refractivity contribution in [3.63, 3.8) is 0 Å². The molecule has 0 saturated carbocycles. The topological polar surface area (TPSA) is 57.9 Å². The highest BCUT2D eigenvalue weighted by Crippen LogP contribution is 2.25. The van der Waals surface area contributed by atoms with E-state index in [9.17, 15) is 8.42 Å². The molecule has 6 heteroatoms. The van der Waals surface area contributed by atoms with Crippen LogP contribution < -0.4 is 0 Å². The minimum absolute atomic E-state index is 0.00137. The summed E-state index contributed by atoms with van der Waals surface area (Å²) in [6.07, 6.45) is 0.682. The lowest BCUT2D eigenvalue weighted by atomic mass is 10.1. The molecule has 1 aromatic rings. The van der Waals surface area contributed by atoms with Gasteiger partial charge in [0.15, 0.2) is 0 Å². The number of rotatable bonds is 2. The third-order valence-corrected chi connectivity index (χ3v) is 4.54. The number of benzene rings is 1. The van der Waals surface area contributed by atoms with E-state index in [0.717, 1.165) is 5.56 Å². The average molecular weight is 356 g/mol. The fourth-order valence-electron chi connectivity index (χ4n) is 1.18. The number of hydrogen-bond donors (Lipinski definition) is 0. The zero-order chi connectivity index (χ0) is 11.6. The second-order valence-corrected chi connectivity index (χ2v) is 6.54. The maximum atomic E-state index is 11.2. The van der Waals surface area contributed by atoms with Gasteiger partial charge in [0.2, 0.25) is 0 Å². The molecule has 80 valence electrons. The van der Waals surface area contributed by atoms with E-state index in [1.165, 1.54) is 6.07 Å². The number of nitriles is 1. The second-order valence-electron chi connectivity index (χ2n) is 2.84. The molecule has 0 amide bonds. The standard InChI is InChI=1S/C9H7ClINO2S/c1-2-6-3-8(11)9(15(10,13)14)4-7(6)5-12/h3-4H,2H2,1H3. The Morgan fingerprint density at radius 3 is 2.53 bits per heavy atom. The third-order valence-electron chi connectivity index (χ3n) is 1.92. The lowest BCUT2D eigenvalue weighted by Crippen LogP contribution is -1.98. The fourth-order valence-corrected chi connectivity index (χ4v) is 3.90. The molecule has 0 fully saturated rings. The molecule has 0 atom stereocenters. The predicted octanol–water partition coefficient (Wildman–Crippen LogP) is 2.65. The average Bonchev–Trinajstić information content (AvgIpc) is 2.15. The van der Waals surface area contributed by atoms with Crippen molar-refractivity contribution >= 4 is 42.3 Å². The van der Waals surface area contributed by atoms with Crippen molar-refractivity contribution in [3.05, 3.63) is 26.8 Å². The third kappa shape index (κ3) is 2.83. The first-order valence-corrected chi connectivity index (χ1v) is 7.46. The summed E-state index contributed by atoms with van der Waals surface area (Å²) in [5, 5.41) is 8.84. The quantitative estimate of drug-likeness (QED) is 0.605. The van der Waals surface area contributed by atoms with Crippen LogP contribution in [-0.2, 0) is 15.5 Å². The SMILES string of the molecule is CCc1cc(I)c(S(=O)(=O)Cl)cc1C#N. The van der Waals surface area contributed by atoms with Gasteiger partial charge in [0.1, 0.15) is 0 Å². The minimum atomic E-state index is -3.78. The van der Waals surface area contributed by atoms with E-state index < -0.39 is 9.05 Å². The first-order chi connectivity index (χ1) is 6.90. The predicted molar refractivity (Wildman–Crippen MR) is 66.3 cm³/mol. The van der Waals surface area contributed by atoms with Crippen LogP contribution in [0.25, 0.3) is 0 Å². The van der Waals surface area contributed by atoms with Gasteiger partial charge in [-0.3, -0.25) is 0 Å². The van der Waals surface area contributed by atoms with Crippen molar-refractivity contribution in [1.82, 2.24) is 0 Å². The molecule has 0 saturated heterocycles. The Morgan fingerprint density at radius 2 is 2.13 bits per heavy atom. The van der Waals surface area contributed by atoms with Crippen molar-refractivity contribution in [2.24, 2.45) is 0 Å². The van der Waals surface area contributed by atoms with Gasteiger partial charge in [-0.25, -0.2) is 8.42 Å². The van der Waals surface area contributed by atoms with Crippen molar-refractivity contribution < 1.29 is 8.42 Å². The lowest BCUT2D eigenvalue weighted by molar-refractivity contribution is 0.609. The Bertz CT molecular complexity index is 534. The van der Waals surface area contributed by atoms with Gasteiger partial charge in [0.05, 0.1) is 16.5 Å². The summed E-state index contributed by atoms with van der Waals surface area (Å²) in [6.45, 7) is 1.90. The van der Waals surface area contributed by atoms with Gasteiger partial charge in [-0.1, -0.05) is 6.92 Å². The normalized spacial score (nSPS) is 11.1. The van der Waals surface area contributed by atoms with E-state index in [1.54, 1.807) is 6.07 Å². The van der Waals surface area contributed by atoms with Crippen LogP contribution in [0, 0.1) is 14.9 Å². The molecule has 0 radical (unpaired) electrons. The molecule has 0 aliphatic carbocycles. The van der Waals surface area contributed by atoms with Crippen LogP contribution in [0.2, 0.25) is 0 Å². The summed E-state index contributed by atoms with van der Waals surface area (Å²) in [6, 6.07) is 4.96. The molecular formula is C9H7ClINO2S. The van der Waals surface area contributed by atoms with Crippen LogP contribution in [0.1, 0.15) is 18.1 Å². The first-order valence-electron chi connectivity index (χ1n) is 4.07. The van der Waals surface area contributed by atoms with Crippen LogP contribution in [0.15, 0.2) is 17.0 Å². The molecule has 0 N–H and O–H groups in total. The maximum absolute atomic E-state index is 11.2. The molecule has 0 heterocycles. The van der Waals surface area contributed by atoms with E-state index in [-0.39, 0.29) is 4.90 Å². The van der Waals surface area contributed by atoms with Crippen molar-refractivity contribution in [2.75, 3.05) is 0 Å². The summed E-state index contributed by atoms with van der Waals surface area (Å²) in [5.41, 5.74) is 1.18. The number of hydrogen-bond acceptors (Lipinski definition) is 3. The minimum Gasteiger partial charge on any atom is -0.207 e. The van der Waals surface area contributed by atoms with E-state index in [2.05, 4.69) is 0 Å². The summed E-state index contributed by atoms with van der Waals surface area (Å²) in [7, 11) is 1.47. The first kappa shape index (κ1) is 12.7. The molecule has 0 bridgehead atoms. The lowest BCUT2D eigenvalue weighted by Gasteiger charge is -2.05. The van der Waals surface area contributed by atoms with Crippen LogP contribution in [0.5, 0.6) is 0 Å². The Morgan fingerprint density at radius 1 is 1.53 bits per heavy atom. The molecule has 1 rings (SSSR count). The highest BCUT2D eigenvalue weighted by Gasteiger charge is 2.17.